The second kappa shape index (κ2) is 11.6. The van der Waals surface area contributed by atoms with Gasteiger partial charge in [-0.3, -0.25) is 9.80 Å². The number of para-hydroxylation sites is 1. The highest BCUT2D eigenvalue weighted by atomic mass is 35.5. The smallest absolute Gasteiger partial charge is 0.145 e. The van der Waals surface area contributed by atoms with E-state index in [1.807, 2.05) is 24.3 Å². The molecule has 38 heavy (non-hydrogen) atoms. The average Bonchev–Trinajstić information content (AvgIpc) is 2.96. The number of rotatable bonds is 6. The zero-order chi connectivity index (χ0) is 25.9. The van der Waals surface area contributed by atoms with Crippen LogP contribution in [0.25, 0.3) is 10.9 Å². The Morgan fingerprint density at radius 3 is 1.89 bits per heavy atom. The monoisotopic (exact) mass is 545 g/mol. The minimum atomic E-state index is 0.161. The second-order valence-electron chi connectivity index (χ2n) is 10.3. The van der Waals surface area contributed by atoms with Gasteiger partial charge >= 0.3 is 0 Å². The fourth-order valence-electron chi connectivity index (χ4n) is 5.81. The van der Waals surface area contributed by atoms with Gasteiger partial charge in [0.1, 0.15) is 11.6 Å². The van der Waals surface area contributed by atoms with Crippen molar-refractivity contribution in [1.82, 2.24) is 19.8 Å². The van der Waals surface area contributed by atoms with Crippen molar-refractivity contribution in [2.45, 2.75) is 31.8 Å². The molecule has 7 heteroatoms. The number of fused-ring (bicyclic) bond motifs is 1. The number of aromatic nitrogens is 2. The molecule has 3 aromatic carbocycles. The standard InChI is InChI=1S/C31H33Cl2N5/c32-25-12-8-23(9-13-25)30(24-10-14-26(33)15-11-24)37-20-18-36(19-21-37)22-29-34-28-7-3-2-6-27(28)31(35-29)38-16-4-1-5-17-38/h2-3,6-15,30H,1,4-5,16-22H2. The Hall–Kier alpha value is -2.70. The van der Waals surface area contributed by atoms with E-state index in [0.717, 1.165) is 78.4 Å². The molecule has 196 valence electrons. The SMILES string of the molecule is Clc1ccc(C(c2ccc(Cl)cc2)N2CCN(Cc3nc(N4CCCCC4)c4ccccc4n3)CC2)cc1. The van der Waals surface area contributed by atoms with Crippen LogP contribution in [-0.2, 0) is 6.54 Å². The average molecular weight is 547 g/mol. The first-order valence-electron chi connectivity index (χ1n) is 13.6. The summed E-state index contributed by atoms with van der Waals surface area (Å²) in [7, 11) is 0. The van der Waals surface area contributed by atoms with Crippen molar-refractivity contribution < 1.29 is 0 Å². The zero-order valence-corrected chi connectivity index (χ0v) is 23.1. The van der Waals surface area contributed by atoms with Crippen LogP contribution in [0.4, 0.5) is 5.82 Å². The highest BCUT2D eigenvalue weighted by molar-refractivity contribution is 6.30. The molecule has 0 spiro atoms. The van der Waals surface area contributed by atoms with Gasteiger partial charge < -0.3 is 4.90 Å². The molecule has 0 unspecified atom stereocenters. The van der Waals surface area contributed by atoms with Gasteiger partial charge in [0.2, 0.25) is 0 Å². The van der Waals surface area contributed by atoms with Crippen molar-refractivity contribution >= 4 is 39.9 Å². The number of hydrogen-bond donors (Lipinski definition) is 0. The highest BCUT2D eigenvalue weighted by Crippen LogP contribution is 2.32. The van der Waals surface area contributed by atoms with Gasteiger partial charge in [-0.15, -0.1) is 0 Å². The van der Waals surface area contributed by atoms with Crippen LogP contribution >= 0.6 is 23.2 Å². The normalized spacial score (nSPS) is 17.4. The van der Waals surface area contributed by atoms with Gasteiger partial charge in [-0.2, -0.15) is 0 Å². The Kier molecular flexibility index (Phi) is 7.80. The van der Waals surface area contributed by atoms with E-state index in [-0.39, 0.29) is 6.04 Å². The number of halogens is 2. The lowest BCUT2D eigenvalue weighted by atomic mass is 9.96. The molecule has 2 aliphatic heterocycles. The van der Waals surface area contributed by atoms with Crippen LogP contribution in [0.5, 0.6) is 0 Å². The first-order chi connectivity index (χ1) is 18.6. The van der Waals surface area contributed by atoms with Crippen LogP contribution in [-0.4, -0.2) is 59.0 Å². The van der Waals surface area contributed by atoms with Gasteiger partial charge in [-0.1, -0.05) is 59.6 Å². The third-order valence-electron chi connectivity index (χ3n) is 7.79. The molecule has 2 aliphatic rings. The topological polar surface area (TPSA) is 35.5 Å². The summed E-state index contributed by atoms with van der Waals surface area (Å²) in [4.78, 5) is 17.6. The third-order valence-corrected chi connectivity index (χ3v) is 8.30. The first-order valence-corrected chi connectivity index (χ1v) is 14.4. The lowest BCUT2D eigenvalue weighted by Crippen LogP contribution is -2.47. The van der Waals surface area contributed by atoms with Crippen molar-refractivity contribution in [3.05, 3.63) is 99.8 Å². The predicted octanol–water partition coefficient (Wildman–Crippen LogP) is 6.83. The molecule has 0 bridgehead atoms. The van der Waals surface area contributed by atoms with E-state index < -0.39 is 0 Å². The highest BCUT2D eigenvalue weighted by Gasteiger charge is 2.27. The zero-order valence-electron chi connectivity index (χ0n) is 21.6. The van der Waals surface area contributed by atoms with Crippen LogP contribution in [0.15, 0.2) is 72.8 Å². The van der Waals surface area contributed by atoms with E-state index in [1.165, 1.54) is 30.4 Å². The van der Waals surface area contributed by atoms with Crippen molar-refractivity contribution in [3.63, 3.8) is 0 Å². The molecular weight excluding hydrogens is 513 g/mol. The first kappa shape index (κ1) is 25.6. The number of piperidine rings is 1. The Morgan fingerprint density at radius 1 is 0.658 bits per heavy atom. The maximum absolute atomic E-state index is 6.21. The molecule has 4 aromatic rings. The molecule has 0 N–H and O–H groups in total. The lowest BCUT2D eigenvalue weighted by molar-refractivity contribution is 0.103. The van der Waals surface area contributed by atoms with Gasteiger partial charge in [-0.05, 0) is 66.8 Å². The minimum Gasteiger partial charge on any atom is -0.356 e. The summed E-state index contributed by atoms with van der Waals surface area (Å²) in [6.45, 7) is 6.78. The Morgan fingerprint density at radius 2 is 1.26 bits per heavy atom. The molecule has 6 rings (SSSR count). The summed E-state index contributed by atoms with van der Waals surface area (Å²) in [5.41, 5.74) is 3.53. The molecule has 1 aromatic heterocycles. The van der Waals surface area contributed by atoms with E-state index in [0.29, 0.717) is 0 Å². The van der Waals surface area contributed by atoms with Crippen LogP contribution in [0, 0.1) is 0 Å². The number of piperazine rings is 1. The van der Waals surface area contributed by atoms with Crippen molar-refractivity contribution in [2.24, 2.45) is 0 Å². The number of benzene rings is 3. The summed E-state index contributed by atoms with van der Waals surface area (Å²) < 4.78 is 0. The van der Waals surface area contributed by atoms with Crippen LogP contribution in [0.2, 0.25) is 10.0 Å². The molecule has 2 saturated heterocycles. The summed E-state index contributed by atoms with van der Waals surface area (Å²) in [6.07, 6.45) is 3.78. The van der Waals surface area contributed by atoms with Gasteiger partial charge in [0.25, 0.3) is 0 Å². The van der Waals surface area contributed by atoms with Crippen LogP contribution in [0.1, 0.15) is 42.3 Å². The molecule has 3 heterocycles. The molecule has 2 fully saturated rings. The largest absolute Gasteiger partial charge is 0.356 e. The van der Waals surface area contributed by atoms with Gasteiger partial charge in [0.05, 0.1) is 18.1 Å². The lowest BCUT2D eigenvalue weighted by Gasteiger charge is -2.39. The Balaban J connectivity index is 1.20. The fourth-order valence-corrected chi connectivity index (χ4v) is 6.06. The van der Waals surface area contributed by atoms with Crippen molar-refractivity contribution in [3.8, 4) is 0 Å². The molecule has 0 atom stereocenters. The molecule has 5 nitrogen and oxygen atoms in total. The second-order valence-corrected chi connectivity index (χ2v) is 11.2. The summed E-state index contributed by atoms with van der Waals surface area (Å²) in [6, 6.07) is 25.1. The molecule has 0 radical (unpaired) electrons. The van der Waals surface area contributed by atoms with E-state index in [4.69, 9.17) is 33.2 Å². The number of hydrogen-bond acceptors (Lipinski definition) is 5. The van der Waals surface area contributed by atoms with Gasteiger partial charge in [-0.25, -0.2) is 9.97 Å². The maximum atomic E-state index is 6.21. The van der Waals surface area contributed by atoms with Crippen LogP contribution in [0.3, 0.4) is 0 Å². The van der Waals surface area contributed by atoms with E-state index >= 15 is 0 Å². The molecule has 0 amide bonds. The molecule has 0 aliphatic carbocycles. The fraction of sp³-hybridized carbons (Fsp3) is 0.355. The Labute approximate surface area is 235 Å². The Bertz CT molecular complexity index is 1320. The summed E-state index contributed by atoms with van der Waals surface area (Å²) >= 11 is 12.4. The molecular formula is C31H33Cl2N5. The maximum Gasteiger partial charge on any atom is 0.145 e. The van der Waals surface area contributed by atoms with E-state index in [9.17, 15) is 0 Å². The van der Waals surface area contributed by atoms with Crippen molar-refractivity contribution in [1.29, 1.82) is 0 Å². The molecule has 0 saturated carbocycles. The van der Waals surface area contributed by atoms with Crippen LogP contribution < -0.4 is 4.90 Å². The van der Waals surface area contributed by atoms with E-state index in [1.54, 1.807) is 0 Å². The predicted molar refractivity (Wildman–Crippen MR) is 157 cm³/mol. The minimum absolute atomic E-state index is 0.161. The third kappa shape index (κ3) is 5.67. The number of nitrogens with zero attached hydrogens (tertiary/aromatic N) is 5. The summed E-state index contributed by atoms with van der Waals surface area (Å²) in [5.74, 6) is 2.03. The van der Waals surface area contributed by atoms with Crippen molar-refractivity contribution in [2.75, 3.05) is 44.2 Å². The van der Waals surface area contributed by atoms with Gasteiger partial charge in [0, 0.05) is 54.7 Å². The van der Waals surface area contributed by atoms with E-state index in [2.05, 4.69) is 63.2 Å². The number of anilines is 1. The quantitative estimate of drug-likeness (QED) is 0.265. The van der Waals surface area contributed by atoms with Gasteiger partial charge in [0.15, 0.2) is 0 Å². The summed E-state index contributed by atoms with van der Waals surface area (Å²) in [5, 5.41) is 2.68.